The molecule has 0 spiro atoms. The van der Waals surface area contributed by atoms with Gasteiger partial charge in [-0.05, 0) is 74.7 Å². The van der Waals surface area contributed by atoms with E-state index in [1.807, 2.05) is 0 Å². The van der Waals surface area contributed by atoms with Crippen molar-refractivity contribution < 1.29 is 9.53 Å². The van der Waals surface area contributed by atoms with Crippen LogP contribution in [0.15, 0.2) is 0 Å². The summed E-state index contributed by atoms with van der Waals surface area (Å²) in [6.07, 6.45) is 11.3. The number of carbonyl (C=O) groups is 1. The zero-order valence-electron chi connectivity index (χ0n) is 13.9. The molecule has 3 heteroatoms. The molecule has 0 aromatic carbocycles. The van der Waals surface area contributed by atoms with Gasteiger partial charge in [-0.25, -0.2) is 0 Å². The molecule has 0 radical (unpaired) electrons. The van der Waals surface area contributed by atoms with Gasteiger partial charge in [0.05, 0.1) is 13.2 Å². The molecule has 4 aliphatic carbocycles. The topological polar surface area (TPSA) is 29.5 Å². The van der Waals surface area contributed by atoms with Crippen LogP contribution in [0.2, 0.25) is 0 Å². The van der Waals surface area contributed by atoms with Crippen molar-refractivity contribution >= 4 is 5.78 Å². The summed E-state index contributed by atoms with van der Waals surface area (Å²) in [6, 6.07) is 0. The number of carbonyl (C=O) groups excluding carboxylic acids is 1. The van der Waals surface area contributed by atoms with Crippen molar-refractivity contribution in [1.82, 2.24) is 4.90 Å². The Labute approximate surface area is 134 Å². The van der Waals surface area contributed by atoms with Gasteiger partial charge in [-0.3, -0.25) is 9.69 Å². The monoisotopic (exact) mass is 305 g/mol. The molecule has 1 aliphatic heterocycles. The SMILES string of the molecule is O=C(CCCN1CCOCC1)CC12CC3CC(CC(C3)C1)C2. The maximum atomic E-state index is 12.5. The van der Waals surface area contributed by atoms with Gasteiger partial charge in [0.15, 0.2) is 0 Å². The zero-order valence-corrected chi connectivity index (χ0v) is 13.9. The Hall–Kier alpha value is -0.410. The Kier molecular flexibility index (Phi) is 4.29. The van der Waals surface area contributed by atoms with Crippen molar-refractivity contribution in [2.45, 2.75) is 57.8 Å². The molecule has 3 nitrogen and oxygen atoms in total. The molecule has 5 fully saturated rings. The first-order valence-electron chi connectivity index (χ1n) is 9.53. The smallest absolute Gasteiger partial charge is 0.133 e. The maximum Gasteiger partial charge on any atom is 0.133 e. The highest BCUT2D eigenvalue weighted by Crippen LogP contribution is 2.61. The fourth-order valence-corrected chi connectivity index (χ4v) is 6.34. The Balaban J connectivity index is 1.24. The third-order valence-electron chi connectivity index (χ3n) is 6.77. The first kappa shape index (κ1) is 15.1. The number of Topliss-reactive ketones (excluding diaryl/α,β-unsaturated/α-hetero) is 1. The van der Waals surface area contributed by atoms with E-state index in [1.165, 1.54) is 38.5 Å². The van der Waals surface area contributed by atoms with Crippen LogP contribution in [0.25, 0.3) is 0 Å². The summed E-state index contributed by atoms with van der Waals surface area (Å²) >= 11 is 0. The highest BCUT2D eigenvalue weighted by molar-refractivity contribution is 5.79. The molecule has 0 atom stereocenters. The molecule has 4 bridgehead atoms. The molecule has 0 amide bonds. The third-order valence-corrected chi connectivity index (χ3v) is 6.77. The molecule has 0 N–H and O–H groups in total. The van der Waals surface area contributed by atoms with Crippen molar-refractivity contribution in [1.29, 1.82) is 0 Å². The van der Waals surface area contributed by atoms with Gasteiger partial charge < -0.3 is 4.74 Å². The van der Waals surface area contributed by atoms with E-state index < -0.39 is 0 Å². The number of rotatable bonds is 6. The second-order valence-electron chi connectivity index (χ2n) is 8.69. The van der Waals surface area contributed by atoms with Crippen LogP contribution in [-0.4, -0.2) is 43.5 Å². The molecule has 5 aliphatic rings. The lowest BCUT2D eigenvalue weighted by atomic mass is 9.48. The first-order chi connectivity index (χ1) is 10.7. The average molecular weight is 305 g/mol. The molecule has 0 unspecified atom stereocenters. The van der Waals surface area contributed by atoms with Crippen LogP contribution in [0.3, 0.4) is 0 Å². The van der Waals surface area contributed by atoms with Gasteiger partial charge in [0.2, 0.25) is 0 Å². The van der Waals surface area contributed by atoms with E-state index in [0.29, 0.717) is 11.2 Å². The number of hydrogen-bond acceptors (Lipinski definition) is 3. The number of ketones is 1. The van der Waals surface area contributed by atoms with Crippen LogP contribution >= 0.6 is 0 Å². The van der Waals surface area contributed by atoms with Crippen molar-refractivity contribution in [3.05, 3.63) is 0 Å². The lowest BCUT2D eigenvalue weighted by molar-refractivity contribution is -0.127. The molecule has 22 heavy (non-hydrogen) atoms. The zero-order chi connectivity index (χ0) is 15.0. The lowest BCUT2D eigenvalue weighted by Crippen LogP contribution is -2.46. The molecule has 1 saturated heterocycles. The first-order valence-corrected chi connectivity index (χ1v) is 9.53. The van der Waals surface area contributed by atoms with Gasteiger partial charge in [-0.2, -0.15) is 0 Å². The maximum absolute atomic E-state index is 12.5. The number of hydrogen-bond donors (Lipinski definition) is 0. The van der Waals surface area contributed by atoms with E-state index in [1.54, 1.807) is 0 Å². The fourth-order valence-electron chi connectivity index (χ4n) is 6.34. The normalized spacial score (nSPS) is 41.0. The van der Waals surface area contributed by atoms with Crippen molar-refractivity contribution in [2.75, 3.05) is 32.8 Å². The highest BCUT2D eigenvalue weighted by atomic mass is 16.5. The molecule has 4 saturated carbocycles. The fraction of sp³-hybridized carbons (Fsp3) is 0.947. The van der Waals surface area contributed by atoms with E-state index in [4.69, 9.17) is 4.74 Å². The Bertz CT molecular complexity index is 378. The predicted molar refractivity (Wildman–Crippen MR) is 86.7 cm³/mol. The van der Waals surface area contributed by atoms with Crippen LogP contribution in [0.1, 0.15) is 57.8 Å². The minimum atomic E-state index is 0.435. The quantitative estimate of drug-likeness (QED) is 0.754. The summed E-state index contributed by atoms with van der Waals surface area (Å²) in [4.78, 5) is 15.0. The predicted octanol–water partition coefficient (Wildman–Crippen LogP) is 3.27. The molecular formula is C19H31NO2. The van der Waals surface area contributed by atoms with Gasteiger partial charge in [0.1, 0.15) is 5.78 Å². The molecular weight excluding hydrogens is 274 g/mol. The van der Waals surface area contributed by atoms with Crippen LogP contribution in [0, 0.1) is 23.2 Å². The second-order valence-corrected chi connectivity index (χ2v) is 8.69. The Morgan fingerprint density at radius 1 is 1.00 bits per heavy atom. The molecule has 0 aromatic heterocycles. The molecule has 1 heterocycles. The Morgan fingerprint density at radius 3 is 2.18 bits per heavy atom. The highest BCUT2D eigenvalue weighted by Gasteiger charge is 2.51. The van der Waals surface area contributed by atoms with Crippen LogP contribution in [0.5, 0.6) is 0 Å². The summed E-state index contributed by atoms with van der Waals surface area (Å²) < 4.78 is 5.38. The largest absolute Gasteiger partial charge is 0.379 e. The summed E-state index contributed by atoms with van der Waals surface area (Å²) in [7, 11) is 0. The molecule has 5 rings (SSSR count). The lowest BCUT2D eigenvalue weighted by Gasteiger charge is -2.56. The summed E-state index contributed by atoms with van der Waals surface area (Å²) in [5, 5.41) is 0. The van der Waals surface area contributed by atoms with E-state index in [-0.39, 0.29) is 0 Å². The van der Waals surface area contributed by atoms with E-state index in [9.17, 15) is 4.79 Å². The van der Waals surface area contributed by atoms with Crippen molar-refractivity contribution in [3.63, 3.8) is 0 Å². The summed E-state index contributed by atoms with van der Waals surface area (Å²) in [6.45, 7) is 4.89. The second kappa shape index (κ2) is 6.24. The van der Waals surface area contributed by atoms with Crippen LogP contribution in [-0.2, 0) is 9.53 Å². The summed E-state index contributed by atoms with van der Waals surface area (Å²) in [5.74, 6) is 3.45. The average Bonchev–Trinajstić information content (AvgIpc) is 2.46. The van der Waals surface area contributed by atoms with E-state index in [2.05, 4.69) is 4.90 Å². The minimum absolute atomic E-state index is 0.435. The van der Waals surface area contributed by atoms with Crippen molar-refractivity contribution in [2.24, 2.45) is 23.2 Å². The van der Waals surface area contributed by atoms with Crippen molar-refractivity contribution in [3.8, 4) is 0 Å². The third kappa shape index (κ3) is 3.26. The van der Waals surface area contributed by atoms with Gasteiger partial charge in [-0.1, -0.05) is 0 Å². The van der Waals surface area contributed by atoms with Crippen LogP contribution in [0.4, 0.5) is 0 Å². The van der Waals surface area contributed by atoms with Gasteiger partial charge >= 0.3 is 0 Å². The van der Waals surface area contributed by atoms with Crippen LogP contribution < -0.4 is 0 Å². The Morgan fingerprint density at radius 2 is 1.59 bits per heavy atom. The standard InChI is InChI=1S/C19H31NO2/c21-18(2-1-3-20-4-6-22-7-5-20)14-19-11-15-8-16(12-19)10-17(9-15)13-19/h15-17H,1-14H2. The number of morpholine rings is 1. The number of nitrogens with zero attached hydrogens (tertiary/aromatic N) is 1. The molecule has 124 valence electrons. The summed E-state index contributed by atoms with van der Waals surface area (Å²) in [5.41, 5.74) is 0.435. The van der Waals surface area contributed by atoms with Gasteiger partial charge in [-0.15, -0.1) is 0 Å². The van der Waals surface area contributed by atoms with Gasteiger partial charge in [0, 0.05) is 25.9 Å². The number of ether oxygens (including phenoxy) is 1. The van der Waals surface area contributed by atoms with E-state index >= 15 is 0 Å². The minimum Gasteiger partial charge on any atom is -0.379 e. The molecule has 0 aromatic rings. The van der Waals surface area contributed by atoms with Gasteiger partial charge in [0.25, 0.3) is 0 Å². The van der Waals surface area contributed by atoms with E-state index in [0.717, 1.165) is 69.9 Å².